The molecular weight excluding hydrogens is 384 g/mol. The number of anilines is 4. The molecule has 10 heteroatoms. The molecule has 30 heavy (non-hydrogen) atoms. The van der Waals surface area contributed by atoms with Crippen LogP contribution in [0, 0.1) is 0 Å². The Morgan fingerprint density at radius 1 is 1.30 bits per heavy atom. The number of aryl methyl sites for hydroxylation is 1. The smallest absolute Gasteiger partial charge is 0.246 e. The average Bonchev–Trinajstić information content (AvgIpc) is 3.18. The van der Waals surface area contributed by atoms with Crippen molar-refractivity contribution in [1.29, 1.82) is 0 Å². The van der Waals surface area contributed by atoms with Gasteiger partial charge in [-0.05, 0) is 18.9 Å². The second-order valence-corrected chi connectivity index (χ2v) is 7.53. The first-order valence-corrected chi connectivity index (χ1v) is 10.3. The fraction of sp³-hybridized carbons (Fsp3) is 0.500. The fourth-order valence-corrected chi connectivity index (χ4v) is 3.81. The van der Waals surface area contributed by atoms with E-state index in [0.29, 0.717) is 25.7 Å². The van der Waals surface area contributed by atoms with Crippen LogP contribution >= 0.6 is 0 Å². The number of amides is 1. The summed E-state index contributed by atoms with van der Waals surface area (Å²) in [5.74, 6) is 1.23. The molecule has 0 unspecified atom stereocenters. The minimum absolute atomic E-state index is 0.0310. The third kappa shape index (κ3) is 4.70. The van der Waals surface area contributed by atoms with Gasteiger partial charge in [-0.25, -0.2) is 4.98 Å². The molecule has 1 atom stereocenters. The number of nitrogens with zero attached hydrogens (tertiary/aromatic N) is 6. The van der Waals surface area contributed by atoms with Gasteiger partial charge in [0.2, 0.25) is 11.9 Å². The zero-order valence-electron chi connectivity index (χ0n) is 17.3. The fourth-order valence-electron chi connectivity index (χ4n) is 3.81. The minimum atomic E-state index is -0.0310. The maximum atomic E-state index is 12.1. The van der Waals surface area contributed by atoms with Gasteiger partial charge in [0.25, 0.3) is 0 Å². The van der Waals surface area contributed by atoms with Crippen molar-refractivity contribution >= 4 is 29.0 Å². The van der Waals surface area contributed by atoms with Gasteiger partial charge in [0.05, 0.1) is 37.0 Å². The summed E-state index contributed by atoms with van der Waals surface area (Å²) in [7, 11) is 1.86. The van der Waals surface area contributed by atoms with Gasteiger partial charge in [-0.15, -0.1) is 0 Å². The van der Waals surface area contributed by atoms with Crippen LogP contribution in [0.5, 0.6) is 0 Å². The molecule has 2 aromatic heterocycles. The molecule has 4 heterocycles. The monoisotopic (exact) mass is 412 g/mol. The van der Waals surface area contributed by atoms with E-state index in [1.54, 1.807) is 10.9 Å². The summed E-state index contributed by atoms with van der Waals surface area (Å²) in [6.45, 7) is 7.94. The normalized spacial score (nSPS) is 19.4. The van der Waals surface area contributed by atoms with Gasteiger partial charge in [-0.3, -0.25) is 9.48 Å². The molecule has 0 spiro atoms. The van der Waals surface area contributed by atoms with Crippen molar-refractivity contribution in [2.75, 3.05) is 54.9 Å². The highest BCUT2D eigenvalue weighted by molar-refractivity contribution is 5.87. The Labute approximate surface area is 175 Å². The maximum absolute atomic E-state index is 12.1. The molecule has 160 valence electrons. The van der Waals surface area contributed by atoms with Crippen molar-refractivity contribution in [1.82, 2.24) is 24.6 Å². The number of hydrogen-bond acceptors (Lipinski definition) is 8. The van der Waals surface area contributed by atoms with Gasteiger partial charge in [-0.2, -0.15) is 10.1 Å². The molecule has 2 aliphatic heterocycles. The Morgan fingerprint density at radius 2 is 2.13 bits per heavy atom. The highest BCUT2D eigenvalue weighted by atomic mass is 16.5. The Hall–Kier alpha value is -3.14. The molecule has 2 aliphatic rings. The van der Waals surface area contributed by atoms with Crippen LogP contribution in [-0.4, -0.2) is 76.0 Å². The third-order valence-corrected chi connectivity index (χ3v) is 5.33. The molecule has 4 rings (SSSR count). The summed E-state index contributed by atoms with van der Waals surface area (Å²) >= 11 is 0. The van der Waals surface area contributed by atoms with Crippen LogP contribution in [0.2, 0.25) is 0 Å². The predicted octanol–water partition coefficient (Wildman–Crippen LogP) is 1.38. The van der Waals surface area contributed by atoms with E-state index < -0.39 is 0 Å². The summed E-state index contributed by atoms with van der Waals surface area (Å²) < 4.78 is 7.21. The molecule has 0 aliphatic carbocycles. The van der Waals surface area contributed by atoms with Crippen LogP contribution in [-0.2, 0) is 16.6 Å². The molecule has 2 fully saturated rings. The number of piperidine rings is 1. The minimum Gasteiger partial charge on any atom is -0.378 e. The molecule has 2 aromatic rings. The van der Waals surface area contributed by atoms with E-state index in [9.17, 15) is 4.79 Å². The Bertz CT molecular complexity index is 893. The predicted molar refractivity (Wildman–Crippen MR) is 115 cm³/mol. The van der Waals surface area contributed by atoms with E-state index in [2.05, 4.69) is 32.2 Å². The number of rotatable bonds is 6. The molecule has 10 nitrogen and oxygen atoms in total. The molecule has 0 saturated carbocycles. The lowest BCUT2D eigenvalue weighted by Gasteiger charge is -2.35. The zero-order valence-corrected chi connectivity index (χ0v) is 17.3. The largest absolute Gasteiger partial charge is 0.378 e. The van der Waals surface area contributed by atoms with Crippen molar-refractivity contribution in [3.05, 3.63) is 31.2 Å². The Morgan fingerprint density at radius 3 is 2.87 bits per heavy atom. The lowest BCUT2D eigenvalue weighted by Crippen LogP contribution is -2.45. The lowest BCUT2D eigenvalue weighted by molar-refractivity contribution is -0.127. The Balaban J connectivity index is 1.56. The number of carbonyl (C=O) groups is 1. The highest BCUT2D eigenvalue weighted by Gasteiger charge is 2.25. The van der Waals surface area contributed by atoms with Gasteiger partial charge in [0.1, 0.15) is 0 Å². The van der Waals surface area contributed by atoms with Crippen molar-refractivity contribution < 1.29 is 9.53 Å². The number of carbonyl (C=O) groups excluding carboxylic acids is 1. The summed E-state index contributed by atoms with van der Waals surface area (Å²) in [6.07, 6.45) is 8.73. The van der Waals surface area contributed by atoms with Crippen molar-refractivity contribution in [2.24, 2.45) is 7.05 Å². The SMILES string of the molecule is C=CC(=O)N1CCC[C@H](Nc2nc(Nc3cnn(C)c3)ncc2N2CCOCC2)C1. The molecule has 0 bridgehead atoms. The van der Waals surface area contributed by atoms with Crippen molar-refractivity contribution in [2.45, 2.75) is 18.9 Å². The van der Waals surface area contributed by atoms with Gasteiger partial charge in [0, 0.05) is 45.5 Å². The molecular formula is C20H28N8O2. The van der Waals surface area contributed by atoms with E-state index >= 15 is 0 Å². The molecule has 0 radical (unpaired) electrons. The first-order valence-electron chi connectivity index (χ1n) is 10.3. The van der Waals surface area contributed by atoms with E-state index in [1.807, 2.05) is 24.3 Å². The van der Waals surface area contributed by atoms with E-state index in [-0.39, 0.29) is 11.9 Å². The standard InChI is InChI=1S/C20H28N8O2/c1-3-18(29)28-6-4-5-15(14-28)23-19-17(27-7-9-30-10-8-27)12-21-20(25-19)24-16-11-22-26(2)13-16/h3,11-13,15H,1,4-10,14H2,2H3,(H2,21,23,24,25)/t15-/m0/s1. The topological polar surface area (TPSA) is 100 Å². The lowest BCUT2D eigenvalue weighted by atomic mass is 10.1. The number of nitrogens with one attached hydrogen (secondary N) is 2. The van der Waals surface area contributed by atoms with Crippen LogP contribution in [0.4, 0.5) is 23.1 Å². The van der Waals surface area contributed by atoms with Crippen LogP contribution < -0.4 is 15.5 Å². The number of hydrogen-bond donors (Lipinski definition) is 2. The van der Waals surface area contributed by atoms with Crippen molar-refractivity contribution in [3.63, 3.8) is 0 Å². The van der Waals surface area contributed by atoms with Gasteiger partial charge in [-0.1, -0.05) is 6.58 Å². The van der Waals surface area contributed by atoms with E-state index in [0.717, 1.165) is 49.7 Å². The Kier molecular flexibility index (Phi) is 6.12. The van der Waals surface area contributed by atoms with E-state index in [4.69, 9.17) is 9.72 Å². The summed E-state index contributed by atoms with van der Waals surface area (Å²) in [5, 5.41) is 10.9. The molecule has 2 saturated heterocycles. The molecule has 0 aromatic carbocycles. The van der Waals surface area contributed by atoms with Crippen LogP contribution in [0.25, 0.3) is 0 Å². The number of likely N-dealkylation sites (tertiary alicyclic amines) is 1. The third-order valence-electron chi connectivity index (χ3n) is 5.33. The summed E-state index contributed by atoms with van der Waals surface area (Å²) in [4.78, 5) is 25.4. The molecule has 2 N–H and O–H groups in total. The number of ether oxygens (including phenoxy) is 1. The van der Waals surface area contributed by atoms with Gasteiger partial charge in [0.15, 0.2) is 5.82 Å². The maximum Gasteiger partial charge on any atom is 0.246 e. The average molecular weight is 412 g/mol. The quantitative estimate of drug-likeness (QED) is 0.687. The van der Waals surface area contributed by atoms with Gasteiger partial charge < -0.3 is 25.2 Å². The molecule has 1 amide bonds. The van der Waals surface area contributed by atoms with Gasteiger partial charge >= 0.3 is 0 Å². The summed E-state index contributed by atoms with van der Waals surface area (Å²) in [6, 6.07) is 0.114. The van der Waals surface area contributed by atoms with Crippen LogP contribution in [0.3, 0.4) is 0 Å². The van der Waals surface area contributed by atoms with E-state index in [1.165, 1.54) is 6.08 Å². The first-order chi connectivity index (χ1) is 14.6. The van der Waals surface area contributed by atoms with Crippen LogP contribution in [0.1, 0.15) is 12.8 Å². The first kappa shape index (κ1) is 20.1. The zero-order chi connectivity index (χ0) is 20.9. The number of aromatic nitrogens is 4. The second-order valence-electron chi connectivity index (χ2n) is 7.53. The van der Waals surface area contributed by atoms with Crippen molar-refractivity contribution in [3.8, 4) is 0 Å². The number of morpholine rings is 1. The summed E-state index contributed by atoms with van der Waals surface area (Å²) in [5.41, 5.74) is 1.77. The second kappa shape index (κ2) is 9.12. The van der Waals surface area contributed by atoms with Crippen LogP contribution in [0.15, 0.2) is 31.2 Å². The highest BCUT2D eigenvalue weighted by Crippen LogP contribution is 2.28.